The Hall–Kier alpha value is -2.78. The quantitative estimate of drug-likeness (QED) is 0.503. The Labute approximate surface area is 140 Å². The maximum atomic E-state index is 11.6. The molecule has 2 heterocycles. The Kier molecular flexibility index (Phi) is 4.28. The number of hydrogen-bond donors (Lipinski definition) is 4. The number of fused-ring (bicyclic) bond motifs is 3. The maximum Gasteiger partial charge on any atom is 0.316 e. The van der Waals surface area contributed by atoms with Gasteiger partial charge in [0, 0.05) is 5.39 Å². The van der Waals surface area contributed by atoms with Crippen molar-refractivity contribution >= 4 is 49.3 Å². The molecule has 126 valence electrons. The predicted molar refractivity (Wildman–Crippen MR) is 92.5 cm³/mol. The lowest BCUT2D eigenvalue weighted by atomic mass is 10.2. The van der Waals surface area contributed by atoms with E-state index in [4.69, 9.17) is 26.4 Å². The van der Waals surface area contributed by atoms with Crippen molar-refractivity contribution < 1.29 is 18.7 Å². The second-order valence-corrected chi connectivity index (χ2v) is 6.06. The number of nitrogens with one attached hydrogen (secondary N) is 1. The van der Waals surface area contributed by atoms with Gasteiger partial charge in [-0.15, -0.1) is 11.3 Å². The van der Waals surface area contributed by atoms with Gasteiger partial charge in [0.15, 0.2) is 5.58 Å². The van der Waals surface area contributed by atoms with Gasteiger partial charge in [-0.2, -0.15) is 0 Å². The van der Waals surface area contributed by atoms with Crippen LogP contribution in [0, 0.1) is 0 Å². The van der Waals surface area contributed by atoms with Crippen molar-refractivity contribution in [3.05, 3.63) is 24.0 Å². The van der Waals surface area contributed by atoms with Crippen LogP contribution in [0.5, 0.6) is 5.75 Å². The largest absolute Gasteiger partial charge is 0.492 e. The van der Waals surface area contributed by atoms with Crippen molar-refractivity contribution in [2.24, 2.45) is 17.2 Å². The Morgan fingerprint density at radius 1 is 1.25 bits per heavy atom. The number of primary amides is 2. The zero-order valence-electron chi connectivity index (χ0n) is 12.6. The van der Waals surface area contributed by atoms with Crippen LogP contribution >= 0.6 is 11.3 Å². The third-order valence-corrected chi connectivity index (χ3v) is 4.59. The van der Waals surface area contributed by atoms with E-state index in [0.29, 0.717) is 29.2 Å². The first-order valence-electron chi connectivity index (χ1n) is 7.20. The molecule has 0 saturated carbocycles. The fourth-order valence-electron chi connectivity index (χ4n) is 2.38. The van der Waals surface area contributed by atoms with E-state index in [0.717, 1.165) is 16.5 Å². The van der Waals surface area contributed by atoms with Crippen LogP contribution in [-0.4, -0.2) is 25.1 Å². The molecule has 0 saturated heterocycles. The first-order chi connectivity index (χ1) is 11.5. The number of carbonyl (C=O) groups excluding carboxylic acids is 2. The summed E-state index contributed by atoms with van der Waals surface area (Å²) in [4.78, 5) is 22.8. The van der Waals surface area contributed by atoms with Crippen LogP contribution in [-0.2, 0) is 0 Å². The Balaban J connectivity index is 2.17. The number of hydrogen-bond acceptors (Lipinski definition) is 6. The number of rotatable bonds is 6. The van der Waals surface area contributed by atoms with Gasteiger partial charge >= 0.3 is 6.03 Å². The Morgan fingerprint density at radius 2 is 2.04 bits per heavy atom. The number of benzene rings is 1. The molecule has 9 heteroatoms. The van der Waals surface area contributed by atoms with Crippen molar-refractivity contribution in [2.45, 2.75) is 6.42 Å². The number of urea groups is 1. The molecule has 3 rings (SSSR count). The van der Waals surface area contributed by atoms with Crippen molar-refractivity contribution in [3.8, 4) is 5.75 Å². The molecule has 1 aromatic carbocycles. The number of carbonyl (C=O) groups is 2. The summed E-state index contributed by atoms with van der Waals surface area (Å²) in [6, 6.07) is 4.69. The number of thiophene rings is 1. The molecule has 0 aliphatic rings. The molecule has 0 aliphatic carbocycles. The normalized spacial score (nSPS) is 11.0. The van der Waals surface area contributed by atoms with Crippen LogP contribution < -0.4 is 27.3 Å². The predicted octanol–water partition coefficient (Wildman–Crippen LogP) is 1.96. The summed E-state index contributed by atoms with van der Waals surface area (Å²) in [5.41, 5.74) is 16.6. The van der Waals surface area contributed by atoms with Gasteiger partial charge < -0.3 is 31.7 Å². The summed E-state index contributed by atoms with van der Waals surface area (Å²) in [7, 11) is 0. The first-order valence-corrected chi connectivity index (χ1v) is 8.01. The fourth-order valence-corrected chi connectivity index (χ4v) is 3.57. The van der Waals surface area contributed by atoms with Crippen molar-refractivity contribution in [3.63, 3.8) is 0 Å². The van der Waals surface area contributed by atoms with Crippen LogP contribution in [0.2, 0.25) is 0 Å². The van der Waals surface area contributed by atoms with Gasteiger partial charge in [0.05, 0.1) is 16.0 Å². The lowest BCUT2D eigenvalue weighted by Crippen LogP contribution is -2.21. The zero-order valence-corrected chi connectivity index (χ0v) is 13.4. The van der Waals surface area contributed by atoms with Crippen molar-refractivity contribution in [1.82, 2.24) is 0 Å². The fraction of sp³-hybridized carbons (Fsp3) is 0.200. The summed E-state index contributed by atoms with van der Waals surface area (Å²) >= 11 is 1.33. The number of furan rings is 1. The summed E-state index contributed by atoms with van der Waals surface area (Å²) in [5, 5.41) is 3.17. The van der Waals surface area contributed by atoms with Crippen LogP contribution in [0.4, 0.5) is 10.5 Å². The summed E-state index contributed by atoms with van der Waals surface area (Å²) in [6.07, 6.45) is 0.734. The molecule has 0 spiro atoms. The maximum absolute atomic E-state index is 11.6. The summed E-state index contributed by atoms with van der Waals surface area (Å²) < 4.78 is 12.7. The topological polar surface area (TPSA) is 147 Å². The van der Waals surface area contributed by atoms with E-state index in [1.807, 2.05) is 18.2 Å². The molecule has 2 aromatic heterocycles. The van der Waals surface area contributed by atoms with E-state index in [2.05, 4.69) is 5.32 Å². The molecule has 0 aliphatic heterocycles. The van der Waals surface area contributed by atoms with E-state index in [1.165, 1.54) is 11.3 Å². The number of nitrogens with two attached hydrogens (primary N) is 3. The minimum atomic E-state index is -0.808. The summed E-state index contributed by atoms with van der Waals surface area (Å²) in [5.74, 6) is -0.236. The highest BCUT2D eigenvalue weighted by Gasteiger charge is 2.24. The molecule has 0 radical (unpaired) electrons. The van der Waals surface area contributed by atoms with Crippen LogP contribution in [0.1, 0.15) is 17.0 Å². The number of anilines is 1. The zero-order chi connectivity index (χ0) is 17.3. The molecular weight excluding hydrogens is 332 g/mol. The second kappa shape index (κ2) is 6.38. The minimum absolute atomic E-state index is 0.133. The van der Waals surface area contributed by atoms with E-state index in [1.54, 1.807) is 0 Å². The Bertz CT molecular complexity index is 930. The lowest BCUT2D eigenvalue weighted by Gasteiger charge is -2.06. The third kappa shape index (κ3) is 2.74. The lowest BCUT2D eigenvalue weighted by molar-refractivity contribution is 0.0977. The number of ether oxygens (including phenoxy) is 1. The SMILES string of the molecule is NCCCOc1cccc2c1sc1c(NC(N)=O)c(C(N)=O)oc12. The highest BCUT2D eigenvalue weighted by Crippen LogP contribution is 2.45. The van der Waals surface area contributed by atoms with Gasteiger partial charge in [0.1, 0.15) is 11.4 Å². The molecule has 0 fully saturated rings. The van der Waals surface area contributed by atoms with E-state index in [9.17, 15) is 9.59 Å². The molecular formula is C15H16N4O4S. The Morgan fingerprint density at radius 3 is 2.71 bits per heavy atom. The molecule has 0 atom stereocenters. The molecule has 7 N–H and O–H groups in total. The molecule has 3 aromatic rings. The minimum Gasteiger partial charge on any atom is -0.492 e. The van der Waals surface area contributed by atoms with Gasteiger partial charge in [-0.1, -0.05) is 6.07 Å². The van der Waals surface area contributed by atoms with Gasteiger partial charge in [-0.3, -0.25) is 4.79 Å². The summed E-state index contributed by atoms with van der Waals surface area (Å²) in [6.45, 7) is 1.03. The van der Waals surface area contributed by atoms with E-state index in [-0.39, 0.29) is 11.4 Å². The van der Waals surface area contributed by atoms with Crippen LogP contribution in [0.15, 0.2) is 22.6 Å². The van der Waals surface area contributed by atoms with Gasteiger partial charge in [0.2, 0.25) is 5.76 Å². The highest BCUT2D eigenvalue weighted by atomic mass is 32.1. The average Bonchev–Trinajstić information content (AvgIpc) is 3.05. The third-order valence-electron chi connectivity index (χ3n) is 3.37. The first kappa shape index (κ1) is 16.1. The van der Waals surface area contributed by atoms with Crippen molar-refractivity contribution in [2.75, 3.05) is 18.5 Å². The highest BCUT2D eigenvalue weighted by molar-refractivity contribution is 7.26. The van der Waals surface area contributed by atoms with Crippen molar-refractivity contribution in [1.29, 1.82) is 0 Å². The van der Waals surface area contributed by atoms with E-state index < -0.39 is 11.9 Å². The monoisotopic (exact) mass is 348 g/mol. The average molecular weight is 348 g/mol. The molecule has 0 bridgehead atoms. The molecule has 3 amide bonds. The second-order valence-electron chi connectivity index (χ2n) is 5.04. The molecule has 24 heavy (non-hydrogen) atoms. The standard InChI is InChI=1S/C15H16N4O4S/c16-5-2-6-22-8-4-1-3-7-10-13(24-12(7)8)9(19-15(18)21)11(23-10)14(17)20/h1,3-4H,2,5-6,16H2,(H2,17,20)(H3,18,19,21). The molecule has 0 unspecified atom stereocenters. The molecule has 8 nitrogen and oxygen atoms in total. The number of amides is 3. The van der Waals surface area contributed by atoms with Gasteiger partial charge in [-0.25, -0.2) is 4.79 Å². The smallest absolute Gasteiger partial charge is 0.316 e. The van der Waals surface area contributed by atoms with Crippen LogP contribution in [0.3, 0.4) is 0 Å². The van der Waals surface area contributed by atoms with Crippen LogP contribution in [0.25, 0.3) is 20.4 Å². The van der Waals surface area contributed by atoms with Gasteiger partial charge in [0.25, 0.3) is 5.91 Å². The van der Waals surface area contributed by atoms with Gasteiger partial charge in [-0.05, 0) is 25.1 Å². The van der Waals surface area contributed by atoms with E-state index >= 15 is 0 Å².